The first kappa shape index (κ1) is 13.3. The summed E-state index contributed by atoms with van der Waals surface area (Å²) in [7, 11) is 0. The van der Waals surface area contributed by atoms with Crippen molar-refractivity contribution in [1.29, 1.82) is 0 Å². The van der Waals surface area contributed by atoms with Gasteiger partial charge in [-0.3, -0.25) is 9.97 Å². The molecule has 0 amide bonds. The van der Waals surface area contributed by atoms with E-state index in [4.69, 9.17) is 0 Å². The van der Waals surface area contributed by atoms with E-state index in [1.807, 2.05) is 6.20 Å². The average molecular weight is 216 g/mol. The first-order valence-corrected chi connectivity index (χ1v) is 4.89. The quantitative estimate of drug-likeness (QED) is 0.736. The van der Waals surface area contributed by atoms with Gasteiger partial charge < -0.3 is 5.32 Å². The van der Waals surface area contributed by atoms with Gasteiger partial charge in [0.1, 0.15) is 0 Å². The Balaban J connectivity index is 0.00000169. The molecule has 80 valence electrons. The molecule has 0 aliphatic rings. The van der Waals surface area contributed by atoms with Crippen molar-refractivity contribution in [2.24, 2.45) is 0 Å². The normalized spacial score (nSPS) is 9.50. The lowest BCUT2D eigenvalue weighted by molar-refractivity contribution is 0.635. The van der Waals surface area contributed by atoms with Crippen LogP contribution < -0.4 is 5.32 Å². The second-order valence-electron chi connectivity index (χ2n) is 3.05. The molecule has 1 aromatic heterocycles. The number of aromatic nitrogens is 2. The largest absolute Gasteiger partial charge is 0.316 e. The van der Waals surface area contributed by atoms with Crippen molar-refractivity contribution in [1.82, 2.24) is 15.3 Å². The first-order valence-electron chi connectivity index (χ1n) is 4.89. The molecular formula is C10H18ClN3. The Morgan fingerprint density at radius 2 is 2.14 bits per heavy atom. The molecule has 1 rings (SSSR count). The monoisotopic (exact) mass is 215 g/mol. The van der Waals surface area contributed by atoms with Crippen molar-refractivity contribution in [3.8, 4) is 0 Å². The van der Waals surface area contributed by atoms with Crippen molar-refractivity contribution in [3.63, 3.8) is 0 Å². The highest BCUT2D eigenvalue weighted by Crippen LogP contribution is 1.90. The number of nitrogens with zero attached hydrogens (tertiary/aromatic N) is 2. The van der Waals surface area contributed by atoms with Crippen LogP contribution in [0.15, 0.2) is 18.6 Å². The van der Waals surface area contributed by atoms with E-state index in [-0.39, 0.29) is 12.4 Å². The number of rotatable bonds is 6. The van der Waals surface area contributed by atoms with Gasteiger partial charge in [0.2, 0.25) is 0 Å². The average Bonchev–Trinajstić information content (AvgIpc) is 2.19. The van der Waals surface area contributed by atoms with Gasteiger partial charge in [-0.2, -0.15) is 0 Å². The molecule has 0 bridgehead atoms. The third-order valence-electron chi connectivity index (χ3n) is 1.88. The number of halogens is 1. The molecule has 0 saturated carbocycles. The lowest BCUT2D eigenvalue weighted by Crippen LogP contribution is -2.18. The predicted octanol–water partition coefficient (Wildman–Crippen LogP) is 1.83. The van der Waals surface area contributed by atoms with E-state index in [9.17, 15) is 0 Å². The molecule has 0 fully saturated rings. The third-order valence-corrected chi connectivity index (χ3v) is 1.88. The van der Waals surface area contributed by atoms with Gasteiger partial charge in [-0.1, -0.05) is 13.3 Å². The molecule has 0 unspecified atom stereocenters. The fourth-order valence-corrected chi connectivity index (χ4v) is 1.10. The second-order valence-corrected chi connectivity index (χ2v) is 3.05. The van der Waals surface area contributed by atoms with Gasteiger partial charge in [0, 0.05) is 31.6 Å². The Bertz CT molecular complexity index is 216. The van der Waals surface area contributed by atoms with Gasteiger partial charge in [0.05, 0.1) is 5.69 Å². The minimum absolute atomic E-state index is 0. The van der Waals surface area contributed by atoms with Crippen LogP contribution in [0.3, 0.4) is 0 Å². The Hall–Kier alpha value is -0.670. The van der Waals surface area contributed by atoms with E-state index in [0.29, 0.717) is 0 Å². The Labute approximate surface area is 91.8 Å². The zero-order valence-corrected chi connectivity index (χ0v) is 9.39. The molecule has 1 N–H and O–H groups in total. The summed E-state index contributed by atoms with van der Waals surface area (Å²) in [5.41, 5.74) is 1.06. The fraction of sp³-hybridized carbons (Fsp3) is 0.600. The van der Waals surface area contributed by atoms with Gasteiger partial charge in [-0.15, -0.1) is 12.4 Å². The lowest BCUT2D eigenvalue weighted by atomic mass is 10.3. The molecule has 0 saturated heterocycles. The van der Waals surface area contributed by atoms with E-state index in [2.05, 4.69) is 22.2 Å². The van der Waals surface area contributed by atoms with Crippen LogP contribution in [0.2, 0.25) is 0 Å². The van der Waals surface area contributed by atoms with Crippen LogP contribution in [0, 0.1) is 0 Å². The minimum Gasteiger partial charge on any atom is -0.316 e. The van der Waals surface area contributed by atoms with E-state index in [1.54, 1.807) is 12.4 Å². The smallest absolute Gasteiger partial charge is 0.0599 e. The van der Waals surface area contributed by atoms with Gasteiger partial charge in [-0.25, -0.2) is 0 Å². The summed E-state index contributed by atoms with van der Waals surface area (Å²) in [5.74, 6) is 0. The summed E-state index contributed by atoms with van der Waals surface area (Å²) in [6, 6.07) is 0. The highest BCUT2D eigenvalue weighted by Gasteiger charge is 1.92. The molecule has 1 heterocycles. The maximum atomic E-state index is 4.19. The number of hydrogen-bond acceptors (Lipinski definition) is 3. The standard InChI is InChI=1S/C10H17N3.ClH/c1-2-3-5-11-6-4-10-9-12-7-8-13-10;/h7-9,11H,2-6H2,1H3;1H. The van der Waals surface area contributed by atoms with Crippen LogP contribution in [0.5, 0.6) is 0 Å². The van der Waals surface area contributed by atoms with Crippen molar-refractivity contribution < 1.29 is 0 Å². The predicted molar refractivity (Wildman–Crippen MR) is 60.8 cm³/mol. The number of unbranched alkanes of at least 4 members (excludes halogenated alkanes) is 1. The van der Waals surface area contributed by atoms with E-state index < -0.39 is 0 Å². The van der Waals surface area contributed by atoms with Crippen LogP contribution in [0.25, 0.3) is 0 Å². The summed E-state index contributed by atoms with van der Waals surface area (Å²) in [6.45, 7) is 4.31. The maximum Gasteiger partial charge on any atom is 0.0599 e. The minimum atomic E-state index is 0. The molecule has 4 heteroatoms. The molecule has 0 aliphatic carbocycles. The van der Waals surface area contributed by atoms with Crippen molar-refractivity contribution in [3.05, 3.63) is 24.3 Å². The molecule has 0 aromatic carbocycles. The fourth-order valence-electron chi connectivity index (χ4n) is 1.10. The topological polar surface area (TPSA) is 37.8 Å². The first-order chi connectivity index (χ1) is 6.43. The Morgan fingerprint density at radius 3 is 2.79 bits per heavy atom. The van der Waals surface area contributed by atoms with Crippen LogP contribution in [0.4, 0.5) is 0 Å². The second kappa shape index (κ2) is 8.91. The van der Waals surface area contributed by atoms with Gasteiger partial charge in [-0.05, 0) is 13.0 Å². The number of nitrogens with one attached hydrogen (secondary N) is 1. The van der Waals surface area contributed by atoms with Crippen LogP contribution >= 0.6 is 12.4 Å². The van der Waals surface area contributed by atoms with Gasteiger partial charge >= 0.3 is 0 Å². The molecule has 0 atom stereocenters. The number of hydrogen-bond donors (Lipinski definition) is 1. The lowest BCUT2D eigenvalue weighted by Gasteiger charge is -2.02. The van der Waals surface area contributed by atoms with Crippen LogP contribution in [-0.2, 0) is 6.42 Å². The zero-order chi connectivity index (χ0) is 9.36. The maximum absolute atomic E-state index is 4.19. The van der Waals surface area contributed by atoms with Crippen LogP contribution in [0.1, 0.15) is 25.5 Å². The van der Waals surface area contributed by atoms with E-state index in [0.717, 1.165) is 25.2 Å². The molecule has 14 heavy (non-hydrogen) atoms. The van der Waals surface area contributed by atoms with Gasteiger partial charge in [0.15, 0.2) is 0 Å². The van der Waals surface area contributed by atoms with E-state index in [1.165, 1.54) is 12.8 Å². The van der Waals surface area contributed by atoms with Crippen molar-refractivity contribution >= 4 is 12.4 Å². The molecule has 0 spiro atoms. The zero-order valence-electron chi connectivity index (χ0n) is 8.57. The molecule has 0 radical (unpaired) electrons. The SMILES string of the molecule is CCCCNCCc1cnccn1.Cl. The molecule has 0 aliphatic heterocycles. The highest BCUT2D eigenvalue weighted by molar-refractivity contribution is 5.85. The molecule has 1 aromatic rings. The summed E-state index contributed by atoms with van der Waals surface area (Å²) in [5, 5.41) is 3.37. The summed E-state index contributed by atoms with van der Waals surface area (Å²) in [6.07, 6.45) is 8.73. The van der Waals surface area contributed by atoms with E-state index >= 15 is 0 Å². The Kier molecular flexibility index (Phi) is 8.48. The van der Waals surface area contributed by atoms with Gasteiger partial charge in [0.25, 0.3) is 0 Å². The third kappa shape index (κ3) is 5.89. The Morgan fingerprint density at radius 1 is 1.29 bits per heavy atom. The van der Waals surface area contributed by atoms with Crippen molar-refractivity contribution in [2.75, 3.05) is 13.1 Å². The van der Waals surface area contributed by atoms with Crippen LogP contribution in [-0.4, -0.2) is 23.1 Å². The van der Waals surface area contributed by atoms with Crippen molar-refractivity contribution in [2.45, 2.75) is 26.2 Å². The summed E-state index contributed by atoms with van der Waals surface area (Å²) < 4.78 is 0. The molecular weight excluding hydrogens is 198 g/mol. The summed E-state index contributed by atoms with van der Waals surface area (Å²) in [4.78, 5) is 8.20. The highest BCUT2D eigenvalue weighted by atomic mass is 35.5. The summed E-state index contributed by atoms with van der Waals surface area (Å²) >= 11 is 0. The molecule has 3 nitrogen and oxygen atoms in total.